The number of pyridine rings is 1. The zero-order chi connectivity index (χ0) is 23.7. The van der Waals surface area contributed by atoms with E-state index in [1.165, 1.54) is 12.1 Å². The van der Waals surface area contributed by atoms with Crippen molar-refractivity contribution < 1.29 is 19.0 Å². The highest BCUT2D eigenvalue weighted by molar-refractivity contribution is 6.31. The molecule has 0 saturated carbocycles. The van der Waals surface area contributed by atoms with Crippen molar-refractivity contribution >= 4 is 52.8 Å². The van der Waals surface area contributed by atoms with Crippen LogP contribution in [0.1, 0.15) is 39.6 Å². The van der Waals surface area contributed by atoms with Gasteiger partial charge in [-0.25, -0.2) is 14.2 Å². The Labute approximate surface area is 200 Å². The molecule has 4 aromatic rings. The van der Waals surface area contributed by atoms with E-state index in [1.807, 2.05) is 72.8 Å². The SMILES string of the molecule is O=C(O)COC1c2ccccc2C=Cc2ccc(C=Cc3ccc4cc(F)c(Cl)cc4n3)cc21. The van der Waals surface area contributed by atoms with E-state index in [0.29, 0.717) is 16.6 Å². The number of hydrogen-bond donors (Lipinski definition) is 1. The van der Waals surface area contributed by atoms with E-state index >= 15 is 0 Å². The largest absolute Gasteiger partial charge is 0.480 e. The fourth-order valence-corrected chi connectivity index (χ4v) is 4.22. The average Bonchev–Trinajstić information content (AvgIpc) is 2.98. The molecule has 6 heteroatoms. The monoisotopic (exact) mass is 471 g/mol. The number of hydrogen-bond acceptors (Lipinski definition) is 3. The first-order valence-corrected chi connectivity index (χ1v) is 11.0. The Morgan fingerprint density at radius 3 is 2.62 bits per heavy atom. The Bertz CT molecular complexity index is 1480. The normalized spacial score (nSPS) is 14.7. The molecule has 0 bridgehead atoms. The molecular weight excluding hydrogens is 453 g/mol. The fourth-order valence-electron chi connectivity index (χ4n) is 4.07. The molecule has 168 valence electrons. The molecule has 1 aliphatic rings. The molecule has 1 atom stereocenters. The smallest absolute Gasteiger partial charge is 0.329 e. The van der Waals surface area contributed by atoms with E-state index in [-0.39, 0.29) is 5.02 Å². The maximum Gasteiger partial charge on any atom is 0.329 e. The van der Waals surface area contributed by atoms with Gasteiger partial charge >= 0.3 is 5.97 Å². The molecule has 4 nitrogen and oxygen atoms in total. The summed E-state index contributed by atoms with van der Waals surface area (Å²) in [5.41, 5.74) is 5.98. The molecular formula is C28H19ClFNO3. The maximum atomic E-state index is 13.7. The number of carboxylic acids is 1. The molecule has 0 radical (unpaired) electrons. The van der Waals surface area contributed by atoms with E-state index in [0.717, 1.165) is 27.8 Å². The number of aliphatic carboxylic acids is 1. The lowest BCUT2D eigenvalue weighted by Crippen LogP contribution is -2.14. The molecule has 5 rings (SSSR count). The van der Waals surface area contributed by atoms with Crippen LogP contribution >= 0.6 is 11.6 Å². The number of fused-ring (bicyclic) bond motifs is 3. The van der Waals surface area contributed by atoms with Crippen LogP contribution in [0.4, 0.5) is 4.39 Å². The van der Waals surface area contributed by atoms with E-state index < -0.39 is 24.5 Å². The Hall–Kier alpha value is -3.80. The minimum atomic E-state index is -1.02. The highest BCUT2D eigenvalue weighted by Gasteiger charge is 2.23. The van der Waals surface area contributed by atoms with Crippen molar-refractivity contribution in [2.45, 2.75) is 6.10 Å². The first kappa shape index (κ1) is 22.0. The van der Waals surface area contributed by atoms with Crippen LogP contribution in [0.3, 0.4) is 0 Å². The zero-order valence-electron chi connectivity index (χ0n) is 17.9. The summed E-state index contributed by atoms with van der Waals surface area (Å²) in [4.78, 5) is 15.8. The van der Waals surface area contributed by atoms with Crippen molar-refractivity contribution in [2.24, 2.45) is 0 Å². The number of rotatable bonds is 5. The molecule has 0 spiro atoms. The van der Waals surface area contributed by atoms with Crippen LogP contribution in [0.2, 0.25) is 5.02 Å². The van der Waals surface area contributed by atoms with E-state index in [1.54, 1.807) is 6.07 Å². The van der Waals surface area contributed by atoms with Gasteiger partial charge in [0.25, 0.3) is 0 Å². The van der Waals surface area contributed by atoms with Gasteiger partial charge in [-0.3, -0.25) is 0 Å². The van der Waals surface area contributed by atoms with Gasteiger partial charge in [-0.2, -0.15) is 0 Å². The topological polar surface area (TPSA) is 59.4 Å². The van der Waals surface area contributed by atoms with Gasteiger partial charge in [-0.05, 0) is 58.2 Å². The number of halogens is 2. The highest BCUT2D eigenvalue weighted by atomic mass is 35.5. The molecule has 0 saturated heterocycles. The second-order valence-corrected chi connectivity index (χ2v) is 8.37. The first-order chi connectivity index (χ1) is 16.5. The average molecular weight is 472 g/mol. The number of aromatic nitrogens is 1. The van der Waals surface area contributed by atoms with Crippen LogP contribution in [-0.2, 0) is 9.53 Å². The number of nitrogens with zero attached hydrogens (tertiary/aromatic N) is 1. The Morgan fingerprint density at radius 2 is 1.79 bits per heavy atom. The molecule has 0 amide bonds. The van der Waals surface area contributed by atoms with Crippen molar-refractivity contribution in [3.05, 3.63) is 111 Å². The Balaban J connectivity index is 1.50. The summed E-state index contributed by atoms with van der Waals surface area (Å²) in [5.74, 6) is -1.49. The number of benzene rings is 3. The minimum Gasteiger partial charge on any atom is -0.480 e. The zero-order valence-corrected chi connectivity index (χ0v) is 18.7. The third-order valence-electron chi connectivity index (χ3n) is 5.69. The van der Waals surface area contributed by atoms with E-state index in [9.17, 15) is 14.3 Å². The summed E-state index contributed by atoms with van der Waals surface area (Å²) in [6.45, 7) is -0.400. The Kier molecular flexibility index (Phi) is 5.97. The predicted octanol–water partition coefficient (Wildman–Crippen LogP) is 6.87. The quantitative estimate of drug-likeness (QED) is 0.345. The third kappa shape index (κ3) is 4.49. The van der Waals surface area contributed by atoms with Gasteiger partial charge in [0.2, 0.25) is 0 Å². The molecule has 1 unspecified atom stereocenters. The summed E-state index contributed by atoms with van der Waals surface area (Å²) >= 11 is 5.90. The second-order valence-electron chi connectivity index (χ2n) is 7.96. The molecule has 1 heterocycles. The van der Waals surface area contributed by atoms with Gasteiger partial charge in [0.05, 0.1) is 16.2 Å². The van der Waals surface area contributed by atoms with Crippen molar-refractivity contribution in [3.8, 4) is 0 Å². The van der Waals surface area contributed by atoms with Crippen LogP contribution < -0.4 is 0 Å². The summed E-state index contributed by atoms with van der Waals surface area (Å²) in [5, 5.41) is 9.90. The highest BCUT2D eigenvalue weighted by Crippen LogP contribution is 2.36. The van der Waals surface area contributed by atoms with Crippen LogP contribution in [-0.4, -0.2) is 22.7 Å². The lowest BCUT2D eigenvalue weighted by Gasteiger charge is -2.20. The van der Waals surface area contributed by atoms with Gasteiger partial charge in [0.1, 0.15) is 18.5 Å². The molecule has 0 fully saturated rings. The fraction of sp³-hybridized carbons (Fsp3) is 0.0714. The number of carboxylic acid groups (broad SMARTS) is 1. The summed E-state index contributed by atoms with van der Waals surface area (Å²) < 4.78 is 19.5. The van der Waals surface area contributed by atoms with Gasteiger partial charge in [-0.1, -0.05) is 72.3 Å². The first-order valence-electron chi connectivity index (χ1n) is 10.7. The van der Waals surface area contributed by atoms with Crippen LogP contribution in [0.15, 0.2) is 66.7 Å². The lowest BCUT2D eigenvalue weighted by molar-refractivity contribution is -0.143. The summed E-state index contributed by atoms with van der Waals surface area (Å²) in [6.07, 6.45) is 7.31. The molecule has 1 N–H and O–H groups in total. The molecule has 3 aromatic carbocycles. The summed E-state index contributed by atoms with van der Waals surface area (Å²) in [7, 11) is 0. The molecule has 1 aliphatic carbocycles. The number of carbonyl (C=O) groups is 1. The Morgan fingerprint density at radius 1 is 1.00 bits per heavy atom. The molecule has 0 aliphatic heterocycles. The molecule has 34 heavy (non-hydrogen) atoms. The van der Waals surface area contributed by atoms with E-state index in [4.69, 9.17) is 16.3 Å². The third-order valence-corrected chi connectivity index (χ3v) is 5.98. The van der Waals surface area contributed by atoms with Gasteiger partial charge in [0, 0.05) is 5.39 Å². The molecule has 1 aromatic heterocycles. The van der Waals surface area contributed by atoms with Crippen molar-refractivity contribution in [1.82, 2.24) is 4.98 Å². The van der Waals surface area contributed by atoms with Crippen molar-refractivity contribution in [3.63, 3.8) is 0 Å². The standard InChI is InChI=1S/C28H19ClFNO3/c29-24-15-26-20(14-25(24)30)10-12-21(31-26)11-6-17-5-7-19-9-8-18-3-1-2-4-22(18)28(23(19)13-17)34-16-27(32)33/h1-15,28H,16H2,(H,32,33). The van der Waals surface area contributed by atoms with Crippen LogP contribution in [0.25, 0.3) is 35.2 Å². The minimum absolute atomic E-state index is 0.0348. The van der Waals surface area contributed by atoms with Crippen molar-refractivity contribution in [2.75, 3.05) is 6.61 Å². The van der Waals surface area contributed by atoms with Gasteiger partial charge in [-0.15, -0.1) is 0 Å². The van der Waals surface area contributed by atoms with Crippen LogP contribution in [0, 0.1) is 5.82 Å². The maximum absolute atomic E-state index is 13.7. The van der Waals surface area contributed by atoms with Crippen molar-refractivity contribution in [1.29, 1.82) is 0 Å². The predicted molar refractivity (Wildman–Crippen MR) is 133 cm³/mol. The summed E-state index contributed by atoms with van der Waals surface area (Å²) in [6, 6.07) is 20.3. The second kappa shape index (κ2) is 9.21. The van der Waals surface area contributed by atoms with Gasteiger partial charge < -0.3 is 9.84 Å². The lowest BCUT2D eigenvalue weighted by atomic mass is 9.94. The van der Waals surface area contributed by atoms with E-state index in [2.05, 4.69) is 4.98 Å². The van der Waals surface area contributed by atoms with Crippen LogP contribution in [0.5, 0.6) is 0 Å². The van der Waals surface area contributed by atoms with Gasteiger partial charge in [0.15, 0.2) is 0 Å². The number of ether oxygens (including phenoxy) is 1.